The van der Waals surface area contributed by atoms with Gasteiger partial charge in [0.1, 0.15) is 4.83 Å². The van der Waals surface area contributed by atoms with Gasteiger partial charge < -0.3 is 0 Å². The van der Waals surface area contributed by atoms with E-state index in [2.05, 4.69) is 10.1 Å². The van der Waals surface area contributed by atoms with Crippen LogP contribution in [0.5, 0.6) is 0 Å². The van der Waals surface area contributed by atoms with E-state index in [0.717, 1.165) is 4.83 Å². The van der Waals surface area contributed by atoms with Gasteiger partial charge in [0.15, 0.2) is 0 Å². The Hall–Kier alpha value is -1.95. The van der Waals surface area contributed by atoms with E-state index in [4.69, 9.17) is 0 Å². The van der Waals surface area contributed by atoms with Crippen molar-refractivity contribution < 1.29 is 0 Å². The van der Waals surface area contributed by atoms with Gasteiger partial charge in [-0.25, -0.2) is 4.98 Å². The Bertz CT molecular complexity index is 713. The summed E-state index contributed by atoms with van der Waals surface area (Å²) in [5, 5.41) is 6.73. The lowest BCUT2D eigenvalue weighted by Crippen LogP contribution is -2.26. The summed E-state index contributed by atoms with van der Waals surface area (Å²) in [6, 6.07) is 3.72. The first-order valence-corrected chi connectivity index (χ1v) is 6.55. The zero-order chi connectivity index (χ0) is 12.5. The minimum atomic E-state index is 0.0147. The minimum Gasteiger partial charge on any atom is -0.294 e. The maximum Gasteiger partial charge on any atom is 0.262 e. The first-order valence-electron chi connectivity index (χ1n) is 5.67. The predicted octanol–water partition coefficient (Wildman–Crippen LogP) is 1.92. The lowest BCUT2D eigenvalue weighted by Gasteiger charge is -2.14. The molecule has 3 heterocycles. The molecule has 0 aliphatic carbocycles. The summed E-state index contributed by atoms with van der Waals surface area (Å²) in [4.78, 5) is 17.4. The first kappa shape index (κ1) is 11.2. The van der Waals surface area contributed by atoms with Crippen molar-refractivity contribution in [2.45, 2.75) is 19.5 Å². The summed E-state index contributed by atoms with van der Waals surface area (Å²) in [7, 11) is 0. The van der Waals surface area contributed by atoms with Crippen molar-refractivity contribution in [2.24, 2.45) is 0 Å². The number of fused-ring (bicyclic) bond motifs is 1. The third-order valence-electron chi connectivity index (χ3n) is 2.89. The summed E-state index contributed by atoms with van der Waals surface area (Å²) in [6.45, 7) is 2.65. The van der Waals surface area contributed by atoms with Crippen LogP contribution in [0.4, 0.5) is 0 Å². The molecule has 0 N–H and O–H groups in total. The zero-order valence-corrected chi connectivity index (χ0v) is 10.7. The van der Waals surface area contributed by atoms with E-state index in [1.165, 1.54) is 11.3 Å². The third-order valence-corrected chi connectivity index (χ3v) is 3.72. The highest BCUT2D eigenvalue weighted by molar-refractivity contribution is 7.16. The maximum absolute atomic E-state index is 12.3. The van der Waals surface area contributed by atoms with Crippen LogP contribution in [0, 0.1) is 0 Å². The third kappa shape index (κ3) is 1.84. The summed E-state index contributed by atoms with van der Waals surface area (Å²) < 4.78 is 3.48. The molecule has 0 unspecified atom stereocenters. The van der Waals surface area contributed by atoms with Gasteiger partial charge in [0.25, 0.3) is 5.56 Å². The first-order chi connectivity index (χ1) is 8.75. The molecule has 1 atom stereocenters. The van der Waals surface area contributed by atoms with E-state index in [0.29, 0.717) is 11.9 Å². The number of hydrogen-bond acceptors (Lipinski definition) is 4. The smallest absolute Gasteiger partial charge is 0.262 e. The highest BCUT2D eigenvalue weighted by Crippen LogP contribution is 2.15. The standard InChI is InChI=1S/C12H12N4OS/c1-9(7-15-5-2-4-14-15)16-8-13-11-10(12(16)17)3-6-18-11/h2-6,8-9H,7H2,1H3/t9-/m0/s1. The Kier molecular flexibility index (Phi) is 2.71. The largest absolute Gasteiger partial charge is 0.294 e. The average molecular weight is 260 g/mol. The Morgan fingerprint density at radius 2 is 2.39 bits per heavy atom. The van der Waals surface area contributed by atoms with Gasteiger partial charge in [0, 0.05) is 12.4 Å². The van der Waals surface area contributed by atoms with Gasteiger partial charge in [0.05, 0.1) is 24.3 Å². The lowest BCUT2D eigenvalue weighted by molar-refractivity contribution is 0.426. The molecule has 0 aliphatic rings. The second-order valence-corrected chi connectivity index (χ2v) is 5.07. The number of rotatable bonds is 3. The lowest BCUT2D eigenvalue weighted by atomic mass is 10.3. The van der Waals surface area contributed by atoms with Crippen molar-refractivity contribution in [3.63, 3.8) is 0 Å². The topological polar surface area (TPSA) is 52.7 Å². The van der Waals surface area contributed by atoms with Crippen molar-refractivity contribution in [2.75, 3.05) is 0 Å². The van der Waals surface area contributed by atoms with Crippen LogP contribution >= 0.6 is 11.3 Å². The molecule has 0 spiro atoms. The molecule has 3 aromatic rings. The van der Waals surface area contributed by atoms with Crippen molar-refractivity contribution in [1.82, 2.24) is 19.3 Å². The predicted molar refractivity (Wildman–Crippen MR) is 70.8 cm³/mol. The molecule has 3 aromatic heterocycles. The molecule has 0 saturated heterocycles. The minimum absolute atomic E-state index is 0.0147. The molecule has 3 rings (SSSR count). The fourth-order valence-corrected chi connectivity index (χ4v) is 2.67. The van der Waals surface area contributed by atoms with Crippen LogP contribution in [-0.4, -0.2) is 19.3 Å². The van der Waals surface area contributed by atoms with Crippen molar-refractivity contribution >= 4 is 21.6 Å². The molecule has 92 valence electrons. The van der Waals surface area contributed by atoms with Gasteiger partial charge in [-0.05, 0) is 24.4 Å². The van der Waals surface area contributed by atoms with E-state index < -0.39 is 0 Å². The highest BCUT2D eigenvalue weighted by atomic mass is 32.1. The molecule has 5 nitrogen and oxygen atoms in total. The highest BCUT2D eigenvalue weighted by Gasteiger charge is 2.11. The van der Waals surface area contributed by atoms with E-state index in [-0.39, 0.29) is 11.6 Å². The molecule has 0 aromatic carbocycles. The molecular formula is C12H12N4OS. The summed E-state index contributed by atoms with van der Waals surface area (Å²) in [6.07, 6.45) is 5.24. The Morgan fingerprint density at radius 1 is 1.50 bits per heavy atom. The second-order valence-electron chi connectivity index (χ2n) is 4.17. The molecule has 6 heteroatoms. The van der Waals surface area contributed by atoms with Crippen LogP contribution in [0.1, 0.15) is 13.0 Å². The zero-order valence-electron chi connectivity index (χ0n) is 9.85. The Morgan fingerprint density at radius 3 is 3.17 bits per heavy atom. The number of aromatic nitrogens is 4. The van der Waals surface area contributed by atoms with Crippen LogP contribution in [0.25, 0.3) is 10.2 Å². The van der Waals surface area contributed by atoms with Gasteiger partial charge in [-0.3, -0.25) is 14.0 Å². The number of hydrogen-bond donors (Lipinski definition) is 0. The van der Waals surface area contributed by atoms with E-state index in [1.807, 2.05) is 35.3 Å². The quantitative estimate of drug-likeness (QED) is 0.723. The molecule has 0 fully saturated rings. The van der Waals surface area contributed by atoms with Gasteiger partial charge in [0.2, 0.25) is 0 Å². The molecule has 0 aliphatic heterocycles. The van der Waals surface area contributed by atoms with Crippen molar-refractivity contribution in [3.8, 4) is 0 Å². The average Bonchev–Trinajstić information content (AvgIpc) is 2.99. The van der Waals surface area contributed by atoms with Crippen LogP contribution in [0.2, 0.25) is 0 Å². The molecule has 0 amide bonds. The van der Waals surface area contributed by atoms with Gasteiger partial charge in [-0.1, -0.05) is 0 Å². The second kappa shape index (κ2) is 4.38. The number of thiophene rings is 1. The van der Waals surface area contributed by atoms with Crippen LogP contribution < -0.4 is 5.56 Å². The fourth-order valence-electron chi connectivity index (χ4n) is 1.95. The summed E-state index contributed by atoms with van der Waals surface area (Å²) in [5.41, 5.74) is 0.0147. The molecule has 0 saturated carbocycles. The van der Waals surface area contributed by atoms with Gasteiger partial charge in [-0.2, -0.15) is 5.10 Å². The summed E-state index contributed by atoms with van der Waals surface area (Å²) in [5.74, 6) is 0. The van der Waals surface area contributed by atoms with Crippen LogP contribution in [0.3, 0.4) is 0 Å². The molecule has 18 heavy (non-hydrogen) atoms. The van der Waals surface area contributed by atoms with E-state index >= 15 is 0 Å². The van der Waals surface area contributed by atoms with Gasteiger partial charge in [-0.15, -0.1) is 11.3 Å². The van der Waals surface area contributed by atoms with Crippen molar-refractivity contribution in [1.29, 1.82) is 0 Å². The van der Waals surface area contributed by atoms with Crippen molar-refractivity contribution in [3.05, 3.63) is 46.6 Å². The van der Waals surface area contributed by atoms with Gasteiger partial charge >= 0.3 is 0 Å². The monoisotopic (exact) mass is 260 g/mol. The SMILES string of the molecule is C[C@@H](Cn1cccn1)n1cnc2sccc2c1=O. The fraction of sp³-hybridized carbons (Fsp3) is 0.250. The van der Waals surface area contributed by atoms with E-state index in [1.54, 1.807) is 17.1 Å². The Labute approximate surface area is 107 Å². The molecule has 0 bridgehead atoms. The molecule has 0 radical (unpaired) electrons. The van der Waals surface area contributed by atoms with Crippen LogP contribution in [-0.2, 0) is 6.54 Å². The summed E-state index contributed by atoms with van der Waals surface area (Å²) >= 11 is 1.49. The van der Waals surface area contributed by atoms with E-state index in [9.17, 15) is 4.79 Å². The number of nitrogens with zero attached hydrogens (tertiary/aromatic N) is 4. The Balaban J connectivity index is 1.98. The van der Waals surface area contributed by atoms with Crippen LogP contribution in [0.15, 0.2) is 41.0 Å². The molecular weight excluding hydrogens is 248 g/mol. The normalized spacial score (nSPS) is 12.9. The maximum atomic E-state index is 12.3.